The van der Waals surface area contributed by atoms with Gasteiger partial charge in [-0.2, -0.15) is 0 Å². The predicted octanol–water partition coefficient (Wildman–Crippen LogP) is 3.36. The zero-order valence-electron chi connectivity index (χ0n) is 28.8. The molecule has 0 bridgehead atoms. The van der Waals surface area contributed by atoms with Crippen LogP contribution in [-0.2, 0) is 9.59 Å². The molecule has 4 fully saturated rings. The van der Waals surface area contributed by atoms with E-state index in [1.807, 2.05) is 0 Å². The second-order valence-electron chi connectivity index (χ2n) is 15.8. The number of hydrogen-bond donors (Lipinski definition) is 7. The monoisotopic (exact) mass is 635 g/mol. The van der Waals surface area contributed by atoms with E-state index in [0.717, 1.165) is 103 Å². The lowest BCUT2D eigenvalue weighted by Gasteiger charge is -2.63. The van der Waals surface area contributed by atoms with E-state index in [2.05, 4.69) is 42.0 Å². The number of aliphatic hydroxyl groups is 3. The molecular formula is C36H66N4O5. The molecule has 0 aromatic heterocycles. The second-order valence-corrected chi connectivity index (χ2v) is 15.8. The highest BCUT2D eigenvalue weighted by atomic mass is 16.3. The van der Waals surface area contributed by atoms with Crippen molar-refractivity contribution in [2.45, 2.75) is 129 Å². The molecule has 0 unspecified atom stereocenters. The summed E-state index contributed by atoms with van der Waals surface area (Å²) in [6, 6.07) is 0. The van der Waals surface area contributed by atoms with Gasteiger partial charge >= 0.3 is 0 Å². The number of hydrogen-bond acceptors (Lipinski definition) is 7. The van der Waals surface area contributed by atoms with Gasteiger partial charge in [-0.3, -0.25) is 9.59 Å². The lowest BCUT2D eigenvalue weighted by molar-refractivity contribution is -0.223. The fraction of sp³-hybridized carbons (Fsp3) is 0.944. The maximum Gasteiger partial charge on any atom is 0.220 e. The van der Waals surface area contributed by atoms with Crippen LogP contribution in [0, 0.1) is 46.3 Å². The van der Waals surface area contributed by atoms with Crippen molar-refractivity contribution in [3.63, 3.8) is 0 Å². The van der Waals surface area contributed by atoms with Crippen LogP contribution in [0.3, 0.4) is 0 Å². The van der Waals surface area contributed by atoms with Crippen molar-refractivity contribution in [3.8, 4) is 0 Å². The van der Waals surface area contributed by atoms with E-state index in [0.29, 0.717) is 43.1 Å². The Morgan fingerprint density at radius 2 is 1.33 bits per heavy atom. The number of nitrogens with one attached hydrogen (secondary N) is 4. The van der Waals surface area contributed by atoms with Crippen LogP contribution in [0.4, 0.5) is 0 Å². The molecule has 0 aliphatic heterocycles. The first-order chi connectivity index (χ1) is 21.5. The van der Waals surface area contributed by atoms with Crippen molar-refractivity contribution >= 4 is 11.8 Å². The van der Waals surface area contributed by atoms with Gasteiger partial charge in [0.05, 0.1) is 18.3 Å². The Balaban J connectivity index is 1.10. The molecule has 9 nitrogen and oxygen atoms in total. The number of amides is 2. The maximum atomic E-state index is 12.7. The first kappa shape index (κ1) is 36.6. The van der Waals surface area contributed by atoms with Crippen LogP contribution < -0.4 is 21.3 Å². The van der Waals surface area contributed by atoms with E-state index in [9.17, 15) is 24.9 Å². The summed E-state index contributed by atoms with van der Waals surface area (Å²) < 4.78 is 0. The minimum Gasteiger partial charge on any atom is -0.393 e. The van der Waals surface area contributed by atoms with E-state index in [-0.39, 0.29) is 40.6 Å². The molecule has 0 aromatic rings. The molecule has 2 amide bonds. The third-order valence-corrected chi connectivity index (χ3v) is 13.0. The molecule has 9 heteroatoms. The van der Waals surface area contributed by atoms with Crippen LogP contribution in [0.1, 0.15) is 111 Å². The normalized spacial score (nSPS) is 38.1. The zero-order valence-corrected chi connectivity index (χ0v) is 28.8. The highest BCUT2D eigenvalue weighted by Crippen LogP contribution is 2.68. The number of carbonyl (C=O) groups is 2. The minimum absolute atomic E-state index is 0.00465. The summed E-state index contributed by atoms with van der Waals surface area (Å²) in [5.74, 6) is 2.12. The van der Waals surface area contributed by atoms with Crippen molar-refractivity contribution < 1.29 is 24.9 Å². The summed E-state index contributed by atoms with van der Waals surface area (Å²) in [6.45, 7) is 13.9. The Morgan fingerprint density at radius 1 is 0.733 bits per heavy atom. The first-order valence-electron chi connectivity index (χ1n) is 18.5. The molecule has 45 heavy (non-hydrogen) atoms. The summed E-state index contributed by atoms with van der Waals surface area (Å²) in [5.41, 5.74) is 0.139. The lowest BCUT2D eigenvalue weighted by Crippen LogP contribution is -2.64. The van der Waals surface area contributed by atoms with Gasteiger partial charge in [0, 0.05) is 26.4 Å². The van der Waals surface area contributed by atoms with Gasteiger partial charge in [0.1, 0.15) is 0 Å². The molecule has 4 aliphatic rings. The predicted molar refractivity (Wildman–Crippen MR) is 178 cm³/mol. The number of unbranched alkanes of at least 4 members (excludes halogenated alkanes) is 1. The highest BCUT2D eigenvalue weighted by Gasteiger charge is 2.65. The van der Waals surface area contributed by atoms with Crippen molar-refractivity contribution in [1.29, 1.82) is 0 Å². The van der Waals surface area contributed by atoms with Gasteiger partial charge in [0.15, 0.2) is 0 Å². The Hall–Kier alpha value is -1.26. The van der Waals surface area contributed by atoms with Gasteiger partial charge in [-0.15, -0.1) is 0 Å². The third kappa shape index (κ3) is 8.81. The van der Waals surface area contributed by atoms with Crippen molar-refractivity contribution in [2.24, 2.45) is 46.3 Å². The summed E-state index contributed by atoms with van der Waals surface area (Å²) in [5, 5.41) is 46.0. The van der Waals surface area contributed by atoms with Gasteiger partial charge in [0.2, 0.25) is 11.8 Å². The van der Waals surface area contributed by atoms with Crippen molar-refractivity contribution in [3.05, 3.63) is 0 Å². The van der Waals surface area contributed by atoms with Crippen LogP contribution in [-0.4, -0.2) is 84.7 Å². The Kier molecular flexibility index (Phi) is 13.6. The number of carbonyl (C=O) groups excluding carboxylic acids is 2. The third-order valence-electron chi connectivity index (χ3n) is 13.0. The summed E-state index contributed by atoms with van der Waals surface area (Å²) >= 11 is 0. The zero-order chi connectivity index (χ0) is 32.6. The Labute approximate surface area is 272 Å². The van der Waals surface area contributed by atoms with Gasteiger partial charge in [-0.25, -0.2) is 0 Å². The molecule has 7 N–H and O–H groups in total. The van der Waals surface area contributed by atoms with Crippen LogP contribution in [0.5, 0.6) is 0 Å². The second kappa shape index (κ2) is 16.7. The molecule has 0 radical (unpaired) electrons. The van der Waals surface area contributed by atoms with Gasteiger partial charge in [-0.05, 0) is 150 Å². The number of aliphatic hydroxyl groups excluding tert-OH is 3. The molecule has 4 aliphatic carbocycles. The molecule has 0 spiro atoms. The molecule has 260 valence electrons. The first-order valence-corrected chi connectivity index (χ1v) is 18.5. The Morgan fingerprint density at radius 3 is 2.00 bits per heavy atom. The molecule has 0 heterocycles. The van der Waals surface area contributed by atoms with Gasteiger partial charge < -0.3 is 36.6 Å². The average molecular weight is 635 g/mol. The van der Waals surface area contributed by atoms with Crippen molar-refractivity contribution in [1.82, 2.24) is 21.3 Å². The topological polar surface area (TPSA) is 143 Å². The van der Waals surface area contributed by atoms with E-state index in [4.69, 9.17) is 0 Å². The SMILES string of the molecule is CC(=O)NCCCNCCCCNCCCNC(=O)CC[C@@H](C)[C@H]1CC[C@H]2[C@@H]3[C@H](O)[C@@H](O)[C@@H]4C[C@H](O)CC[C@]4(C)[C@H]3CC[C@]12C. The van der Waals surface area contributed by atoms with Crippen LogP contribution in [0.2, 0.25) is 0 Å². The van der Waals surface area contributed by atoms with Crippen LogP contribution >= 0.6 is 0 Å². The van der Waals surface area contributed by atoms with Crippen molar-refractivity contribution in [2.75, 3.05) is 39.3 Å². The molecule has 0 saturated heterocycles. The van der Waals surface area contributed by atoms with Crippen LogP contribution in [0.15, 0.2) is 0 Å². The Bertz CT molecular complexity index is 952. The fourth-order valence-electron chi connectivity index (χ4n) is 10.5. The smallest absolute Gasteiger partial charge is 0.220 e. The minimum atomic E-state index is -0.745. The van der Waals surface area contributed by atoms with E-state index in [1.165, 1.54) is 0 Å². The molecule has 11 atom stereocenters. The average Bonchev–Trinajstić information content (AvgIpc) is 3.36. The summed E-state index contributed by atoms with van der Waals surface area (Å²) in [4.78, 5) is 23.5. The number of rotatable bonds is 17. The number of fused-ring (bicyclic) bond motifs is 5. The highest BCUT2D eigenvalue weighted by molar-refractivity contribution is 5.75. The van der Waals surface area contributed by atoms with Crippen LogP contribution in [0.25, 0.3) is 0 Å². The summed E-state index contributed by atoms with van der Waals surface area (Å²) in [7, 11) is 0. The largest absolute Gasteiger partial charge is 0.393 e. The molecule has 4 rings (SSSR count). The lowest BCUT2D eigenvalue weighted by atomic mass is 9.43. The fourth-order valence-corrected chi connectivity index (χ4v) is 10.5. The van der Waals surface area contributed by atoms with Gasteiger partial charge in [-0.1, -0.05) is 20.8 Å². The van der Waals surface area contributed by atoms with E-state index >= 15 is 0 Å². The summed E-state index contributed by atoms with van der Waals surface area (Å²) in [6.07, 6.45) is 10.7. The molecular weight excluding hydrogens is 568 g/mol. The van der Waals surface area contributed by atoms with Gasteiger partial charge in [0.25, 0.3) is 0 Å². The molecule has 0 aromatic carbocycles. The molecule has 4 saturated carbocycles. The standard InChI is InChI=1S/C36H66N4O5/c1-24(9-12-31(43)40-22-8-20-38-18-6-5-17-37-19-7-21-39-25(2)41)27-10-11-28-32-29(14-16-35(27,28)3)36(4)15-13-26(42)23-30(36)33(44)34(32)45/h24,26-30,32-34,37-38,42,44-45H,5-23H2,1-4H3,(H,39,41)(H,40,43)/t24-,26-,27-,28+,29+,30+,32+,33+,34+,35-,36-/m1/s1. The quantitative estimate of drug-likeness (QED) is 0.122. The maximum absolute atomic E-state index is 12.7. The van der Waals surface area contributed by atoms with E-state index in [1.54, 1.807) is 6.92 Å². The van der Waals surface area contributed by atoms with E-state index < -0.39 is 12.2 Å².